The average Bonchev–Trinajstić information content (AvgIpc) is 3.67. The molecule has 0 fully saturated rings. The van der Waals surface area contributed by atoms with E-state index in [1.165, 1.54) is 0 Å². The van der Waals surface area contributed by atoms with Crippen LogP contribution in [0.15, 0.2) is 174 Å². The van der Waals surface area contributed by atoms with E-state index >= 15 is 0 Å². The van der Waals surface area contributed by atoms with Gasteiger partial charge in [0.15, 0.2) is 0 Å². The number of hydrogen-bond acceptors (Lipinski definition) is 1. The van der Waals surface area contributed by atoms with Crippen molar-refractivity contribution in [3.8, 4) is 44.5 Å². The Kier molecular flexibility index (Phi) is 3.39. The molecule has 0 atom stereocenters. The molecule has 1 nitrogen and oxygen atoms in total. The number of fused-ring (bicyclic) bond motifs is 5. The molecule has 45 heavy (non-hydrogen) atoms. The van der Waals surface area contributed by atoms with Crippen molar-refractivity contribution in [3.05, 3.63) is 169 Å². The zero-order valence-electron chi connectivity index (χ0n) is 38.4. The lowest BCUT2D eigenvalue weighted by Crippen LogP contribution is -1.92. The SMILES string of the molecule is [2H]c1c([2H])c([2H])c(-c2c([2H])c([2H])c([2H])c([2H])c2-c2c3ccccc3c(-c3c([2H])c([2H])c4oc5c([2H])c([2H])c(-c6ccccc6)c([2H])c5c4c3[2H])c3ccccc23)c([2H])c1[2H]. The first kappa shape index (κ1) is 14.7. The van der Waals surface area contributed by atoms with Crippen molar-refractivity contribution in [1.29, 1.82) is 0 Å². The Morgan fingerprint density at radius 1 is 0.356 bits per heavy atom. The first-order valence-electron chi connectivity index (χ1n) is 21.7. The van der Waals surface area contributed by atoms with Crippen LogP contribution in [0.5, 0.6) is 0 Å². The number of rotatable bonds is 4. The Morgan fingerprint density at radius 2 is 0.867 bits per heavy atom. The lowest BCUT2D eigenvalue weighted by molar-refractivity contribution is 0.669. The van der Waals surface area contributed by atoms with Crippen molar-refractivity contribution in [2.24, 2.45) is 0 Å². The molecule has 1 aromatic heterocycles. The van der Waals surface area contributed by atoms with E-state index in [0.29, 0.717) is 32.7 Å². The van der Waals surface area contributed by atoms with Crippen LogP contribution in [0.3, 0.4) is 0 Å². The van der Waals surface area contributed by atoms with Crippen LogP contribution in [0, 0.1) is 0 Å². The van der Waals surface area contributed by atoms with Crippen LogP contribution in [0.2, 0.25) is 0 Å². The topological polar surface area (TPSA) is 13.1 Å². The van der Waals surface area contributed by atoms with E-state index in [1.807, 2.05) is 0 Å². The fourth-order valence-electron chi connectivity index (χ4n) is 6.00. The van der Waals surface area contributed by atoms with Crippen LogP contribution in [0.4, 0.5) is 0 Å². The lowest BCUT2D eigenvalue weighted by atomic mass is 9.83. The zero-order chi connectivity index (χ0) is 42.8. The standard InChI is InChI=1S/C44H28O/c1-3-13-29(14-4-1)31-23-25-41-39(27-31)40-28-32(24-26-42(40)45-41)43-35-19-9-11-21-37(35)44(38-22-12-10-20-36(38)43)34-18-8-7-17-33(34)30-15-5-2-6-16-30/h1-28H/i2D,5D,6D,7D,8D,15D,16D,17D,18D,23D,24D,25D,26D,27D,28D. The van der Waals surface area contributed by atoms with Crippen molar-refractivity contribution in [2.45, 2.75) is 0 Å². The molecule has 0 radical (unpaired) electrons. The van der Waals surface area contributed by atoms with Crippen LogP contribution >= 0.6 is 0 Å². The Balaban J connectivity index is 1.46. The van der Waals surface area contributed by atoms with Gasteiger partial charge in [-0.1, -0.05) is 145 Å². The summed E-state index contributed by atoms with van der Waals surface area (Å²) in [5.74, 6) is 0. The maximum absolute atomic E-state index is 9.79. The van der Waals surface area contributed by atoms with Crippen molar-refractivity contribution in [3.63, 3.8) is 0 Å². The summed E-state index contributed by atoms with van der Waals surface area (Å²) in [5.41, 5.74) is -0.0299. The quantitative estimate of drug-likeness (QED) is 0.187. The minimum Gasteiger partial charge on any atom is -0.456 e. The van der Waals surface area contributed by atoms with E-state index in [2.05, 4.69) is 0 Å². The minimum absolute atomic E-state index is 0.00886. The van der Waals surface area contributed by atoms with Crippen molar-refractivity contribution in [1.82, 2.24) is 0 Å². The highest BCUT2D eigenvalue weighted by Crippen LogP contribution is 2.46. The smallest absolute Gasteiger partial charge is 0.135 e. The molecule has 0 aliphatic rings. The number of furan rings is 1. The molecule has 0 aliphatic carbocycles. The van der Waals surface area contributed by atoms with Crippen LogP contribution < -0.4 is 0 Å². The molecule has 9 aromatic rings. The molecule has 1 heterocycles. The summed E-state index contributed by atoms with van der Waals surface area (Å²) in [6, 6.07) is 14.6. The molecular weight excluding hydrogens is 544 g/mol. The van der Waals surface area contributed by atoms with Gasteiger partial charge < -0.3 is 4.42 Å². The van der Waals surface area contributed by atoms with E-state index in [1.54, 1.807) is 78.9 Å². The van der Waals surface area contributed by atoms with Crippen LogP contribution in [-0.2, 0) is 0 Å². The second kappa shape index (κ2) is 10.4. The molecule has 0 saturated carbocycles. The molecule has 0 N–H and O–H groups in total. The predicted molar refractivity (Wildman–Crippen MR) is 190 cm³/mol. The molecule has 0 bridgehead atoms. The van der Waals surface area contributed by atoms with Crippen LogP contribution in [0.1, 0.15) is 20.6 Å². The second-order valence-corrected chi connectivity index (χ2v) is 10.5. The van der Waals surface area contributed by atoms with E-state index < -0.39 is 72.0 Å². The van der Waals surface area contributed by atoms with Crippen molar-refractivity contribution >= 4 is 43.5 Å². The van der Waals surface area contributed by atoms with Gasteiger partial charge in [0.05, 0.1) is 20.6 Å². The van der Waals surface area contributed by atoms with Gasteiger partial charge in [0.2, 0.25) is 0 Å². The Bertz CT molecular complexity index is 3290. The fraction of sp³-hybridized carbons (Fsp3) is 0. The molecule has 9 rings (SSSR count). The lowest BCUT2D eigenvalue weighted by Gasteiger charge is -2.19. The minimum atomic E-state index is -0.683. The largest absolute Gasteiger partial charge is 0.456 e. The average molecular weight is 588 g/mol. The maximum Gasteiger partial charge on any atom is 0.135 e. The molecule has 0 spiro atoms. The van der Waals surface area contributed by atoms with Crippen LogP contribution in [0.25, 0.3) is 88.0 Å². The van der Waals surface area contributed by atoms with Gasteiger partial charge >= 0.3 is 0 Å². The first-order chi connectivity index (χ1) is 28.6. The molecule has 1 heteroatoms. The maximum atomic E-state index is 9.79. The number of hydrogen-bond donors (Lipinski definition) is 0. The summed E-state index contributed by atoms with van der Waals surface area (Å²) in [7, 11) is 0. The van der Waals surface area contributed by atoms with Gasteiger partial charge in [-0.25, -0.2) is 0 Å². The predicted octanol–water partition coefficient (Wildman–Crippen LogP) is 12.6. The Labute approximate surface area is 282 Å². The highest BCUT2D eigenvalue weighted by molar-refractivity contribution is 6.23. The third-order valence-corrected chi connectivity index (χ3v) is 7.94. The summed E-state index contributed by atoms with van der Waals surface area (Å²) in [6.07, 6.45) is 0. The molecule has 8 aromatic carbocycles. The van der Waals surface area contributed by atoms with E-state index in [0.717, 1.165) is 0 Å². The zero-order valence-corrected chi connectivity index (χ0v) is 23.4. The summed E-state index contributed by atoms with van der Waals surface area (Å²) in [4.78, 5) is 0. The van der Waals surface area contributed by atoms with E-state index in [9.17, 15) is 6.85 Å². The van der Waals surface area contributed by atoms with E-state index in [4.69, 9.17) is 18.1 Å². The third kappa shape index (κ3) is 4.17. The third-order valence-electron chi connectivity index (χ3n) is 7.94. The van der Waals surface area contributed by atoms with Crippen molar-refractivity contribution < 1.29 is 25.0 Å². The fourth-order valence-corrected chi connectivity index (χ4v) is 6.00. The van der Waals surface area contributed by atoms with Crippen LogP contribution in [-0.4, -0.2) is 0 Å². The van der Waals surface area contributed by atoms with E-state index in [-0.39, 0.29) is 73.9 Å². The van der Waals surface area contributed by atoms with Gasteiger partial charge in [0.1, 0.15) is 11.2 Å². The first-order valence-corrected chi connectivity index (χ1v) is 14.2. The number of benzene rings is 8. The highest BCUT2D eigenvalue weighted by atomic mass is 16.3. The molecule has 0 unspecified atom stereocenters. The Hall–Kier alpha value is -5.92. The molecular formula is C44H28O. The monoisotopic (exact) mass is 587 g/mol. The van der Waals surface area contributed by atoms with Gasteiger partial charge in [0.25, 0.3) is 0 Å². The normalized spacial score (nSPS) is 16.2. The van der Waals surface area contributed by atoms with Crippen molar-refractivity contribution in [2.75, 3.05) is 0 Å². The van der Waals surface area contributed by atoms with Gasteiger partial charge in [-0.2, -0.15) is 0 Å². The highest BCUT2D eigenvalue weighted by Gasteiger charge is 2.19. The molecule has 0 amide bonds. The molecule has 0 saturated heterocycles. The van der Waals surface area contributed by atoms with Gasteiger partial charge in [0, 0.05) is 10.8 Å². The molecule has 0 aliphatic heterocycles. The Morgan fingerprint density at radius 3 is 1.51 bits per heavy atom. The molecule has 210 valence electrons. The summed E-state index contributed by atoms with van der Waals surface area (Å²) in [5, 5.41) is 1.57. The summed E-state index contributed by atoms with van der Waals surface area (Å²) >= 11 is 0. The van der Waals surface area contributed by atoms with Gasteiger partial charge in [-0.05, 0) is 90.2 Å². The summed E-state index contributed by atoms with van der Waals surface area (Å²) < 4.78 is 140. The van der Waals surface area contributed by atoms with Gasteiger partial charge in [-0.15, -0.1) is 0 Å². The second-order valence-electron chi connectivity index (χ2n) is 10.5. The van der Waals surface area contributed by atoms with Gasteiger partial charge in [-0.3, -0.25) is 0 Å². The summed E-state index contributed by atoms with van der Waals surface area (Å²) in [6.45, 7) is 0.